The average molecular weight is 475 g/mol. The molecule has 0 heterocycles. The van der Waals surface area contributed by atoms with Crippen molar-refractivity contribution in [3.05, 3.63) is 89.5 Å². The SMILES string of the molecule is COc1cc(OC)c(OC)cc1/C=C/C(=O)N(C)C(C)c1cccc(NC(=O)c2ccccc2)c1. The molecular weight excluding hydrogens is 444 g/mol. The van der Waals surface area contributed by atoms with Crippen molar-refractivity contribution in [2.75, 3.05) is 33.7 Å². The molecule has 7 nitrogen and oxygen atoms in total. The number of likely N-dealkylation sites (N-methyl/N-ethyl adjacent to an activating group) is 1. The second-order valence-electron chi connectivity index (χ2n) is 7.85. The summed E-state index contributed by atoms with van der Waals surface area (Å²) in [4.78, 5) is 27.0. The lowest BCUT2D eigenvalue weighted by molar-refractivity contribution is -0.126. The van der Waals surface area contributed by atoms with Crippen LogP contribution in [0.25, 0.3) is 6.08 Å². The molecule has 35 heavy (non-hydrogen) atoms. The molecule has 3 aromatic rings. The summed E-state index contributed by atoms with van der Waals surface area (Å²) in [7, 11) is 6.39. The first-order valence-corrected chi connectivity index (χ1v) is 11.1. The molecule has 7 heteroatoms. The van der Waals surface area contributed by atoms with E-state index in [2.05, 4.69) is 5.32 Å². The Labute approximate surface area is 205 Å². The standard InChI is InChI=1S/C28H30N2O5/c1-19(21-12-9-13-23(16-21)29-28(32)20-10-7-6-8-11-20)30(2)27(31)15-14-22-17-25(34-4)26(35-5)18-24(22)33-3/h6-19H,1-5H3,(H,29,32)/b15-14+. The first-order valence-electron chi connectivity index (χ1n) is 11.1. The summed E-state index contributed by atoms with van der Waals surface area (Å²) in [5, 5.41) is 2.91. The van der Waals surface area contributed by atoms with Gasteiger partial charge in [-0.2, -0.15) is 0 Å². The minimum absolute atomic E-state index is 0.187. The van der Waals surface area contributed by atoms with Gasteiger partial charge in [-0.25, -0.2) is 0 Å². The van der Waals surface area contributed by atoms with E-state index in [9.17, 15) is 9.59 Å². The molecular formula is C28H30N2O5. The van der Waals surface area contributed by atoms with E-state index in [1.54, 1.807) is 63.6 Å². The Morgan fingerprint density at radius 3 is 2.17 bits per heavy atom. The predicted octanol–water partition coefficient (Wildman–Crippen LogP) is 5.20. The van der Waals surface area contributed by atoms with Gasteiger partial charge in [-0.15, -0.1) is 0 Å². The molecule has 0 aliphatic rings. The highest BCUT2D eigenvalue weighted by atomic mass is 16.5. The summed E-state index contributed by atoms with van der Waals surface area (Å²) in [6.45, 7) is 1.93. The van der Waals surface area contributed by atoms with E-state index in [4.69, 9.17) is 14.2 Å². The van der Waals surface area contributed by atoms with Crippen LogP contribution in [0, 0.1) is 0 Å². The third-order valence-corrected chi connectivity index (χ3v) is 5.73. The average Bonchev–Trinajstić information content (AvgIpc) is 2.90. The molecule has 0 aliphatic carbocycles. The highest BCUT2D eigenvalue weighted by Gasteiger charge is 2.17. The number of nitrogens with one attached hydrogen (secondary N) is 1. The number of anilines is 1. The number of rotatable bonds is 9. The number of carbonyl (C=O) groups is 2. The zero-order valence-electron chi connectivity index (χ0n) is 20.6. The lowest BCUT2D eigenvalue weighted by atomic mass is 10.1. The van der Waals surface area contributed by atoms with Crippen LogP contribution >= 0.6 is 0 Å². The molecule has 1 N–H and O–H groups in total. The number of carbonyl (C=O) groups excluding carboxylic acids is 2. The normalized spacial score (nSPS) is 11.6. The van der Waals surface area contributed by atoms with Crippen molar-refractivity contribution in [2.24, 2.45) is 0 Å². The Morgan fingerprint density at radius 1 is 0.857 bits per heavy atom. The second-order valence-corrected chi connectivity index (χ2v) is 7.85. The molecule has 0 aliphatic heterocycles. The summed E-state index contributed by atoms with van der Waals surface area (Å²) in [5.41, 5.74) is 2.82. The van der Waals surface area contributed by atoms with E-state index < -0.39 is 0 Å². The summed E-state index contributed by atoms with van der Waals surface area (Å²) in [5.74, 6) is 1.26. The van der Waals surface area contributed by atoms with Crippen molar-refractivity contribution in [1.29, 1.82) is 0 Å². The van der Waals surface area contributed by atoms with E-state index in [0.717, 1.165) is 5.56 Å². The molecule has 1 unspecified atom stereocenters. The first-order chi connectivity index (χ1) is 16.9. The molecule has 0 radical (unpaired) electrons. The fourth-order valence-corrected chi connectivity index (χ4v) is 3.55. The van der Waals surface area contributed by atoms with Crippen molar-refractivity contribution >= 4 is 23.6 Å². The Hall–Kier alpha value is -4.26. The molecule has 0 spiro atoms. The molecule has 0 saturated carbocycles. The third kappa shape index (κ3) is 6.20. The molecule has 182 valence electrons. The lowest BCUT2D eigenvalue weighted by Gasteiger charge is -2.24. The van der Waals surface area contributed by atoms with Crippen molar-refractivity contribution < 1.29 is 23.8 Å². The van der Waals surface area contributed by atoms with Gasteiger partial charge in [-0.1, -0.05) is 30.3 Å². The lowest BCUT2D eigenvalue weighted by Crippen LogP contribution is -2.28. The maximum absolute atomic E-state index is 12.9. The van der Waals surface area contributed by atoms with Gasteiger partial charge in [0.15, 0.2) is 11.5 Å². The van der Waals surface area contributed by atoms with Crippen LogP contribution in [-0.4, -0.2) is 45.1 Å². The Morgan fingerprint density at radius 2 is 1.51 bits per heavy atom. The molecule has 1 atom stereocenters. The Kier molecular flexibility index (Phi) is 8.51. The molecule has 0 bridgehead atoms. The van der Waals surface area contributed by atoms with Crippen LogP contribution < -0.4 is 19.5 Å². The van der Waals surface area contributed by atoms with E-state index in [-0.39, 0.29) is 17.9 Å². The van der Waals surface area contributed by atoms with Gasteiger partial charge < -0.3 is 24.4 Å². The maximum Gasteiger partial charge on any atom is 0.255 e. The fraction of sp³-hybridized carbons (Fsp3) is 0.214. The molecule has 0 saturated heterocycles. The maximum atomic E-state index is 12.9. The van der Waals surface area contributed by atoms with Gasteiger partial charge in [-0.05, 0) is 48.9 Å². The smallest absolute Gasteiger partial charge is 0.255 e. The zero-order valence-corrected chi connectivity index (χ0v) is 20.6. The predicted molar refractivity (Wildman–Crippen MR) is 137 cm³/mol. The summed E-state index contributed by atoms with van der Waals surface area (Å²) in [6, 6.07) is 19.7. The number of hydrogen-bond donors (Lipinski definition) is 1. The number of hydrogen-bond acceptors (Lipinski definition) is 5. The second kappa shape index (κ2) is 11.7. The monoisotopic (exact) mass is 474 g/mol. The van der Waals surface area contributed by atoms with Crippen LogP contribution in [0.15, 0.2) is 72.8 Å². The summed E-state index contributed by atoms with van der Waals surface area (Å²) in [6.07, 6.45) is 3.17. The number of amides is 2. The quantitative estimate of drug-likeness (QED) is 0.432. The molecule has 0 aromatic heterocycles. The van der Waals surface area contributed by atoms with Gasteiger partial charge in [0.25, 0.3) is 5.91 Å². The first kappa shape index (κ1) is 25.4. The van der Waals surface area contributed by atoms with Crippen molar-refractivity contribution in [3.8, 4) is 17.2 Å². The number of nitrogens with zero attached hydrogens (tertiary/aromatic N) is 1. The van der Waals surface area contributed by atoms with E-state index >= 15 is 0 Å². The van der Waals surface area contributed by atoms with Crippen LogP contribution in [0.5, 0.6) is 17.2 Å². The number of methoxy groups -OCH3 is 3. The van der Waals surface area contributed by atoms with Crippen molar-refractivity contribution in [1.82, 2.24) is 4.90 Å². The largest absolute Gasteiger partial charge is 0.496 e. The third-order valence-electron chi connectivity index (χ3n) is 5.73. The van der Waals surface area contributed by atoms with Gasteiger partial charge in [-0.3, -0.25) is 9.59 Å². The summed E-state index contributed by atoms with van der Waals surface area (Å²) >= 11 is 0. The zero-order chi connectivity index (χ0) is 25.4. The molecule has 2 amide bonds. The van der Waals surface area contributed by atoms with Gasteiger partial charge in [0.1, 0.15) is 5.75 Å². The Balaban J connectivity index is 1.73. The van der Waals surface area contributed by atoms with Crippen molar-refractivity contribution in [2.45, 2.75) is 13.0 Å². The van der Waals surface area contributed by atoms with Gasteiger partial charge >= 0.3 is 0 Å². The topological polar surface area (TPSA) is 77.1 Å². The van der Waals surface area contributed by atoms with Crippen LogP contribution in [0.3, 0.4) is 0 Å². The van der Waals surface area contributed by atoms with E-state index in [1.165, 1.54) is 6.08 Å². The summed E-state index contributed by atoms with van der Waals surface area (Å²) < 4.78 is 16.1. The van der Waals surface area contributed by atoms with Gasteiger partial charge in [0, 0.05) is 36.0 Å². The highest BCUT2D eigenvalue weighted by Crippen LogP contribution is 2.35. The minimum atomic E-state index is -0.229. The van der Waals surface area contributed by atoms with Gasteiger partial charge in [0.2, 0.25) is 5.91 Å². The van der Waals surface area contributed by atoms with E-state index in [1.807, 2.05) is 49.4 Å². The minimum Gasteiger partial charge on any atom is -0.496 e. The highest BCUT2D eigenvalue weighted by molar-refractivity contribution is 6.04. The molecule has 3 aromatic carbocycles. The number of benzene rings is 3. The van der Waals surface area contributed by atoms with Crippen LogP contribution in [0.1, 0.15) is 34.5 Å². The number of ether oxygens (including phenoxy) is 3. The molecule has 0 fully saturated rings. The van der Waals surface area contributed by atoms with Crippen LogP contribution in [-0.2, 0) is 4.79 Å². The van der Waals surface area contributed by atoms with Crippen molar-refractivity contribution in [3.63, 3.8) is 0 Å². The van der Waals surface area contributed by atoms with Crippen LogP contribution in [0.2, 0.25) is 0 Å². The van der Waals surface area contributed by atoms with E-state index in [0.29, 0.717) is 34.1 Å². The fourth-order valence-electron chi connectivity index (χ4n) is 3.55. The van der Waals surface area contributed by atoms with Crippen LogP contribution in [0.4, 0.5) is 5.69 Å². The molecule has 3 rings (SSSR count). The van der Waals surface area contributed by atoms with Gasteiger partial charge in [0.05, 0.1) is 27.4 Å². The Bertz CT molecular complexity index is 1210.